The van der Waals surface area contributed by atoms with Gasteiger partial charge in [-0.25, -0.2) is 4.79 Å². The second kappa shape index (κ2) is 11.4. The number of amides is 1. The predicted molar refractivity (Wildman–Crippen MR) is 124 cm³/mol. The van der Waals surface area contributed by atoms with Crippen LogP contribution in [0, 0.1) is 13.8 Å². The molecule has 0 spiro atoms. The summed E-state index contributed by atoms with van der Waals surface area (Å²) >= 11 is 0. The number of H-pyrrole nitrogens is 1. The van der Waals surface area contributed by atoms with Crippen LogP contribution in [0.2, 0.25) is 0 Å². The summed E-state index contributed by atoms with van der Waals surface area (Å²) in [5.74, 6) is 0.255. The molecule has 8 heteroatoms. The highest BCUT2D eigenvalue weighted by Crippen LogP contribution is 2.21. The minimum Gasteiger partial charge on any atom is -0.483 e. The first-order valence-electron chi connectivity index (χ1n) is 10.9. The van der Waals surface area contributed by atoms with Crippen molar-refractivity contribution in [3.8, 4) is 5.75 Å². The van der Waals surface area contributed by atoms with E-state index in [1.54, 1.807) is 0 Å². The van der Waals surface area contributed by atoms with Crippen LogP contribution in [0.15, 0.2) is 27.8 Å². The molecule has 0 unspecified atom stereocenters. The van der Waals surface area contributed by atoms with E-state index < -0.39 is 11.2 Å². The average Bonchev–Trinajstić information content (AvgIpc) is 2.72. The Kier molecular flexibility index (Phi) is 8.90. The molecule has 0 saturated carbocycles. The molecule has 31 heavy (non-hydrogen) atoms. The van der Waals surface area contributed by atoms with Crippen LogP contribution in [0.4, 0.5) is 11.5 Å². The van der Waals surface area contributed by atoms with Gasteiger partial charge in [0.05, 0.1) is 0 Å². The summed E-state index contributed by atoms with van der Waals surface area (Å²) in [5.41, 5.74) is 6.96. The fourth-order valence-electron chi connectivity index (χ4n) is 3.34. The first-order chi connectivity index (χ1) is 14.8. The second-order valence-electron chi connectivity index (χ2n) is 7.81. The van der Waals surface area contributed by atoms with Gasteiger partial charge in [0.2, 0.25) is 0 Å². The molecule has 0 aliphatic heterocycles. The van der Waals surface area contributed by atoms with Crippen molar-refractivity contribution in [3.63, 3.8) is 0 Å². The van der Waals surface area contributed by atoms with Crippen molar-refractivity contribution >= 4 is 17.4 Å². The highest BCUT2D eigenvalue weighted by Gasteiger charge is 2.24. The molecule has 0 aliphatic rings. The van der Waals surface area contributed by atoms with Crippen LogP contribution < -0.4 is 26.6 Å². The number of hydrogen-bond donors (Lipinski definition) is 2. The molecule has 0 saturated heterocycles. The zero-order valence-corrected chi connectivity index (χ0v) is 19.0. The predicted octanol–water partition coefficient (Wildman–Crippen LogP) is 3.14. The van der Waals surface area contributed by atoms with E-state index in [2.05, 4.69) is 11.9 Å². The largest absolute Gasteiger partial charge is 0.483 e. The van der Waals surface area contributed by atoms with E-state index in [0.29, 0.717) is 25.3 Å². The number of hydrogen-bond acceptors (Lipinski definition) is 5. The van der Waals surface area contributed by atoms with Gasteiger partial charge in [0.25, 0.3) is 11.5 Å². The van der Waals surface area contributed by atoms with Crippen molar-refractivity contribution in [1.82, 2.24) is 9.55 Å². The molecule has 3 N–H and O–H groups in total. The van der Waals surface area contributed by atoms with E-state index in [-0.39, 0.29) is 24.0 Å². The van der Waals surface area contributed by atoms with Crippen LogP contribution in [0.25, 0.3) is 0 Å². The Morgan fingerprint density at radius 1 is 1.13 bits per heavy atom. The molecule has 1 amide bonds. The Hall–Kier alpha value is -3.03. The first-order valence-corrected chi connectivity index (χ1v) is 10.9. The fraction of sp³-hybridized carbons (Fsp3) is 0.522. The van der Waals surface area contributed by atoms with Crippen LogP contribution in [-0.2, 0) is 11.3 Å². The monoisotopic (exact) mass is 430 g/mol. The van der Waals surface area contributed by atoms with Crippen molar-refractivity contribution < 1.29 is 9.53 Å². The zero-order chi connectivity index (χ0) is 23.0. The van der Waals surface area contributed by atoms with Crippen LogP contribution in [0.5, 0.6) is 5.75 Å². The number of carbonyl (C=O) groups is 1. The van der Waals surface area contributed by atoms with Crippen molar-refractivity contribution in [2.24, 2.45) is 0 Å². The summed E-state index contributed by atoms with van der Waals surface area (Å²) in [6.07, 6.45) is 4.16. The number of unbranched alkanes of at least 4 members (excludes halogenated alkanes) is 3. The Labute approximate surface area is 183 Å². The lowest BCUT2D eigenvalue weighted by molar-refractivity contribution is -0.120. The van der Waals surface area contributed by atoms with Gasteiger partial charge in [-0.15, -0.1) is 0 Å². The lowest BCUT2D eigenvalue weighted by Crippen LogP contribution is -2.43. The Morgan fingerprint density at radius 3 is 2.52 bits per heavy atom. The molecule has 0 radical (unpaired) electrons. The molecule has 1 aromatic carbocycles. The summed E-state index contributed by atoms with van der Waals surface area (Å²) in [5, 5.41) is 0. The van der Waals surface area contributed by atoms with Crippen molar-refractivity contribution in [3.05, 3.63) is 50.2 Å². The third kappa shape index (κ3) is 6.23. The lowest BCUT2D eigenvalue weighted by atomic mass is 10.1. The summed E-state index contributed by atoms with van der Waals surface area (Å²) < 4.78 is 7.10. The lowest BCUT2D eigenvalue weighted by Gasteiger charge is -2.25. The van der Waals surface area contributed by atoms with Crippen molar-refractivity contribution in [2.45, 2.75) is 66.3 Å². The average molecular weight is 431 g/mol. The molecule has 8 nitrogen and oxygen atoms in total. The number of carbonyl (C=O) groups excluding carboxylic acids is 1. The van der Waals surface area contributed by atoms with Crippen LogP contribution >= 0.6 is 0 Å². The summed E-state index contributed by atoms with van der Waals surface area (Å²) in [4.78, 5) is 41.7. The standard InChI is InChI=1S/C23H34N4O4/c1-5-7-9-13-26(19(28)15-31-18-14-16(3)10-11-17(18)4)20-21(24)27(12-8-6-2)23(30)25-22(20)29/h10-11,14H,5-9,12-13,15,24H2,1-4H3,(H,25,29,30). The second-order valence-corrected chi connectivity index (χ2v) is 7.81. The number of rotatable bonds is 11. The molecule has 0 aliphatic carbocycles. The first kappa shape index (κ1) is 24.2. The van der Waals surface area contributed by atoms with Crippen LogP contribution in [0.3, 0.4) is 0 Å². The summed E-state index contributed by atoms with van der Waals surface area (Å²) in [6, 6.07) is 5.78. The smallest absolute Gasteiger partial charge is 0.330 e. The van der Waals surface area contributed by atoms with Gasteiger partial charge in [0.1, 0.15) is 11.6 Å². The van der Waals surface area contributed by atoms with Gasteiger partial charge in [-0.2, -0.15) is 0 Å². The fourth-order valence-corrected chi connectivity index (χ4v) is 3.34. The van der Waals surface area contributed by atoms with Gasteiger partial charge in [-0.3, -0.25) is 19.1 Å². The maximum Gasteiger partial charge on any atom is 0.330 e. The number of nitrogen functional groups attached to an aromatic ring is 1. The molecule has 170 valence electrons. The van der Waals surface area contributed by atoms with Gasteiger partial charge in [0, 0.05) is 13.1 Å². The topological polar surface area (TPSA) is 110 Å². The van der Waals surface area contributed by atoms with Crippen molar-refractivity contribution in [1.29, 1.82) is 0 Å². The quantitative estimate of drug-likeness (QED) is 0.532. The van der Waals surface area contributed by atoms with Gasteiger partial charge in [0.15, 0.2) is 12.3 Å². The number of nitrogens with two attached hydrogens (primary N) is 1. The van der Waals surface area contributed by atoms with E-state index in [1.807, 2.05) is 39.0 Å². The van der Waals surface area contributed by atoms with E-state index in [1.165, 1.54) is 9.47 Å². The van der Waals surface area contributed by atoms with Crippen LogP contribution in [-0.4, -0.2) is 28.6 Å². The van der Waals surface area contributed by atoms with E-state index in [0.717, 1.165) is 36.8 Å². The van der Waals surface area contributed by atoms with Gasteiger partial charge in [-0.05, 0) is 43.9 Å². The number of nitrogens with zero attached hydrogens (tertiary/aromatic N) is 2. The third-order valence-corrected chi connectivity index (χ3v) is 5.20. The number of aromatic nitrogens is 2. The van der Waals surface area contributed by atoms with E-state index in [9.17, 15) is 14.4 Å². The maximum absolute atomic E-state index is 13.1. The Bertz CT molecular complexity index is 1010. The maximum atomic E-state index is 13.1. The highest BCUT2D eigenvalue weighted by molar-refractivity contribution is 5.96. The minimum atomic E-state index is -0.660. The molecule has 2 aromatic rings. The molecule has 2 rings (SSSR count). The summed E-state index contributed by atoms with van der Waals surface area (Å²) in [7, 11) is 0. The van der Waals surface area contributed by atoms with E-state index in [4.69, 9.17) is 10.5 Å². The van der Waals surface area contributed by atoms with Crippen LogP contribution in [0.1, 0.15) is 57.1 Å². The summed E-state index contributed by atoms with van der Waals surface area (Å²) in [6.45, 7) is 8.38. The molecule has 1 aromatic heterocycles. The number of aryl methyl sites for hydroxylation is 2. The number of benzene rings is 1. The number of aromatic amines is 1. The molecular formula is C23H34N4O4. The number of anilines is 2. The SMILES string of the molecule is CCCCCN(C(=O)COc1cc(C)ccc1C)c1c(N)n(CCCC)c(=O)[nH]c1=O. The highest BCUT2D eigenvalue weighted by atomic mass is 16.5. The Morgan fingerprint density at radius 2 is 1.84 bits per heavy atom. The molecule has 1 heterocycles. The van der Waals surface area contributed by atoms with Gasteiger partial charge < -0.3 is 15.4 Å². The minimum absolute atomic E-state index is 0.0128. The van der Waals surface area contributed by atoms with Gasteiger partial charge in [-0.1, -0.05) is 45.2 Å². The van der Waals surface area contributed by atoms with Crippen molar-refractivity contribution in [2.75, 3.05) is 23.8 Å². The number of ether oxygens (including phenoxy) is 1. The van der Waals surface area contributed by atoms with E-state index >= 15 is 0 Å². The molecule has 0 bridgehead atoms. The zero-order valence-electron chi connectivity index (χ0n) is 19.0. The molecular weight excluding hydrogens is 396 g/mol. The van der Waals surface area contributed by atoms with Gasteiger partial charge >= 0.3 is 5.69 Å². The normalized spacial score (nSPS) is 10.8. The third-order valence-electron chi connectivity index (χ3n) is 5.20. The molecule has 0 fully saturated rings. The number of nitrogens with one attached hydrogen (secondary N) is 1. The molecule has 0 atom stereocenters. The Balaban J connectivity index is 2.37.